The van der Waals surface area contributed by atoms with Crippen molar-refractivity contribution in [3.05, 3.63) is 82.3 Å². The van der Waals surface area contributed by atoms with Gasteiger partial charge in [-0.2, -0.15) is 8.42 Å². The first-order valence-corrected chi connectivity index (χ1v) is 11.1. The minimum absolute atomic E-state index is 0.0976. The van der Waals surface area contributed by atoms with Gasteiger partial charge in [-0.15, -0.1) is 0 Å². The molecule has 150 valence electrons. The summed E-state index contributed by atoms with van der Waals surface area (Å²) in [4.78, 5) is 4.52. The Balaban J connectivity index is 1.86. The zero-order valence-electron chi connectivity index (χ0n) is 16.0. The summed E-state index contributed by atoms with van der Waals surface area (Å²) in [6, 6.07) is 18.9. The molecule has 0 N–H and O–H groups in total. The summed E-state index contributed by atoms with van der Waals surface area (Å²) in [7, 11) is -3.95. The van der Waals surface area contributed by atoms with E-state index >= 15 is 0 Å². The highest BCUT2D eigenvalue weighted by Crippen LogP contribution is 2.26. The van der Waals surface area contributed by atoms with E-state index in [2.05, 4.69) is 20.9 Å². The lowest BCUT2D eigenvalue weighted by atomic mass is 10.2. The van der Waals surface area contributed by atoms with Crippen LogP contribution in [0, 0.1) is 6.92 Å². The number of hydrogen-bond acceptors (Lipinski definition) is 5. The van der Waals surface area contributed by atoms with Crippen LogP contribution in [-0.4, -0.2) is 21.2 Å². The average Bonchev–Trinajstić information content (AvgIpc) is 2.70. The molecule has 0 saturated heterocycles. The maximum absolute atomic E-state index is 12.6. The van der Waals surface area contributed by atoms with Crippen LogP contribution in [0.15, 0.2) is 81.1 Å². The first kappa shape index (κ1) is 21.1. The number of aryl methyl sites for hydroxylation is 1. The molecule has 3 aromatic carbocycles. The molecule has 0 spiro atoms. The molecule has 3 aromatic rings. The fourth-order valence-electron chi connectivity index (χ4n) is 2.51. The Labute approximate surface area is 179 Å². The van der Waals surface area contributed by atoms with Crippen LogP contribution in [0.25, 0.3) is 0 Å². The summed E-state index contributed by atoms with van der Waals surface area (Å²) >= 11 is 3.40. The van der Waals surface area contributed by atoms with Crippen molar-refractivity contribution in [2.45, 2.75) is 18.7 Å². The van der Waals surface area contributed by atoms with Gasteiger partial charge in [0.2, 0.25) is 0 Å². The molecule has 5 nitrogen and oxygen atoms in total. The lowest BCUT2D eigenvalue weighted by Crippen LogP contribution is -2.11. The smallest absolute Gasteiger partial charge is 0.339 e. The Morgan fingerprint density at radius 1 is 1.00 bits per heavy atom. The van der Waals surface area contributed by atoms with Crippen molar-refractivity contribution in [2.24, 2.45) is 4.99 Å². The molecule has 0 unspecified atom stereocenters. The molecule has 0 atom stereocenters. The van der Waals surface area contributed by atoms with Gasteiger partial charge in [-0.05, 0) is 68.4 Å². The Hall–Kier alpha value is -2.64. The van der Waals surface area contributed by atoms with Crippen molar-refractivity contribution in [2.75, 3.05) is 6.61 Å². The summed E-state index contributed by atoms with van der Waals surface area (Å²) in [6.07, 6.45) is 1.57. The summed E-state index contributed by atoms with van der Waals surface area (Å²) in [5.74, 6) is 0.964. The highest BCUT2D eigenvalue weighted by molar-refractivity contribution is 9.10. The molecule has 0 heterocycles. The van der Waals surface area contributed by atoms with Crippen molar-refractivity contribution in [3.8, 4) is 11.5 Å². The standard InChI is InChI=1S/C22H20BrNO4S/c1-3-27-20-9-7-19(8-10-20)24-15-17-14-18(23)6-13-22(17)28-29(25,26)21-11-4-16(2)5-12-21/h4-15H,3H2,1-2H3. The molecule has 0 aliphatic heterocycles. The third-order valence-corrected chi connectivity index (χ3v) is 5.72. The highest BCUT2D eigenvalue weighted by Gasteiger charge is 2.18. The van der Waals surface area contributed by atoms with E-state index in [1.54, 1.807) is 36.5 Å². The second kappa shape index (κ2) is 9.24. The van der Waals surface area contributed by atoms with Crippen molar-refractivity contribution in [3.63, 3.8) is 0 Å². The van der Waals surface area contributed by atoms with E-state index < -0.39 is 10.1 Å². The van der Waals surface area contributed by atoms with Crippen LogP contribution in [0.5, 0.6) is 11.5 Å². The van der Waals surface area contributed by atoms with Crippen LogP contribution >= 0.6 is 15.9 Å². The van der Waals surface area contributed by atoms with E-state index in [0.717, 1.165) is 15.8 Å². The van der Waals surface area contributed by atoms with Crippen molar-refractivity contribution >= 4 is 38.0 Å². The molecule has 0 bridgehead atoms. The fourth-order valence-corrected chi connectivity index (χ4v) is 3.84. The predicted octanol–water partition coefficient (Wildman–Crippen LogP) is 5.67. The van der Waals surface area contributed by atoms with Crippen LogP contribution in [0.1, 0.15) is 18.1 Å². The third-order valence-electron chi connectivity index (χ3n) is 3.98. The normalized spacial score (nSPS) is 11.6. The van der Waals surface area contributed by atoms with Crippen LogP contribution in [-0.2, 0) is 10.1 Å². The summed E-state index contributed by atoms with van der Waals surface area (Å²) in [5, 5.41) is 0. The number of rotatable bonds is 7. The lowest BCUT2D eigenvalue weighted by Gasteiger charge is -2.10. The number of aliphatic imine (C=N–C) groups is 1. The van der Waals surface area contributed by atoms with Crippen molar-refractivity contribution in [1.82, 2.24) is 0 Å². The lowest BCUT2D eigenvalue weighted by molar-refractivity contribution is 0.340. The first-order valence-electron chi connectivity index (χ1n) is 8.95. The van der Waals surface area contributed by atoms with E-state index in [1.165, 1.54) is 12.1 Å². The number of hydrogen-bond donors (Lipinski definition) is 0. The van der Waals surface area contributed by atoms with E-state index in [0.29, 0.717) is 17.9 Å². The molecule has 0 saturated carbocycles. The fraction of sp³-hybridized carbons (Fsp3) is 0.136. The quantitative estimate of drug-likeness (QED) is 0.327. The SMILES string of the molecule is CCOc1ccc(N=Cc2cc(Br)ccc2OS(=O)(=O)c2ccc(C)cc2)cc1. The molecule has 7 heteroatoms. The van der Waals surface area contributed by atoms with Crippen LogP contribution < -0.4 is 8.92 Å². The second-order valence-corrected chi connectivity index (χ2v) is 8.68. The van der Waals surface area contributed by atoms with Gasteiger partial charge in [-0.25, -0.2) is 0 Å². The predicted molar refractivity (Wildman–Crippen MR) is 118 cm³/mol. The zero-order chi connectivity index (χ0) is 20.9. The number of halogens is 1. The molecule has 3 rings (SSSR count). The zero-order valence-corrected chi connectivity index (χ0v) is 18.4. The minimum Gasteiger partial charge on any atom is -0.494 e. The van der Waals surface area contributed by atoms with Gasteiger partial charge in [-0.1, -0.05) is 33.6 Å². The van der Waals surface area contributed by atoms with Gasteiger partial charge in [0.25, 0.3) is 0 Å². The number of nitrogens with zero attached hydrogens (tertiary/aromatic N) is 1. The van der Waals surface area contributed by atoms with Crippen LogP contribution in [0.4, 0.5) is 5.69 Å². The van der Waals surface area contributed by atoms with E-state index in [1.807, 2.05) is 38.1 Å². The van der Waals surface area contributed by atoms with Gasteiger partial charge < -0.3 is 8.92 Å². The number of benzene rings is 3. The molecule has 0 amide bonds. The van der Waals surface area contributed by atoms with E-state index in [4.69, 9.17) is 8.92 Å². The minimum atomic E-state index is -3.95. The summed E-state index contributed by atoms with van der Waals surface area (Å²) in [6.45, 7) is 4.41. The van der Waals surface area contributed by atoms with Crippen LogP contribution in [0.2, 0.25) is 0 Å². The van der Waals surface area contributed by atoms with E-state index in [9.17, 15) is 8.42 Å². The molecular weight excluding hydrogens is 454 g/mol. The van der Waals surface area contributed by atoms with Crippen LogP contribution in [0.3, 0.4) is 0 Å². The Morgan fingerprint density at radius 3 is 2.34 bits per heavy atom. The first-order chi connectivity index (χ1) is 13.9. The molecule has 29 heavy (non-hydrogen) atoms. The largest absolute Gasteiger partial charge is 0.494 e. The van der Waals surface area contributed by atoms with Gasteiger partial charge >= 0.3 is 10.1 Å². The van der Waals surface area contributed by atoms with E-state index in [-0.39, 0.29) is 10.6 Å². The third kappa shape index (κ3) is 5.68. The Bertz CT molecular complexity index is 1110. The maximum atomic E-state index is 12.6. The van der Waals surface area contributed by atoms with Gasteiger partial charge in [-0.3, -0.25) is 4.99 Å². The molecular formula is C22H20BrNO4S. The molecule has 0 fully saturated rings. The molecule has 0 aliphatic carbocycles. The van der Waals surface area contributed by atoms with Gasteiger partial charge in [0, 0.05) is 16.3 Å². The topological polar surface area (TPSA) is 65.0 Å². The monoisotopic (exact) mass is 473 g/mol. The Kier molecular flexibility index (Phi) is 6.71. The van der Waals surface area contributed by atoms with Gasteiger partial charge in [0.1, 0.15) is 10.6 Å². The maximum Gasteiger partial charge on any atom is 0.339 e. The summed E-state index contributed by atoms with van der Waals surface area (Å²) < 4.78 is 36.9. The molecule has 0 radical (unpaired) electrons. The second-order valence-electron chi connectivity index (χ2n) is 6.22. The highest BCUT2D eigenvalue weighted by atomic mass is 79.9. The van der Waals surface area contributed by atoms with Crippen molar-refractivity contribution in [1.29, 1.82) is 0 Å². The molecule has 0 aromatic heterocycles. The van der Waals surface area contributed by atoms with Crippen molar-refractivity contribution < 1.29 is 17.3 Å². The average molecular weight is 474 g/mol. The Morgan fingerprint density at radius 2 is 1.69 bits per heavy atom. The summed E-state index contributed by atoms with van der Waals surface area (Å²) in [5.41, 5.74) is 2.21. The van der Waals surface area contributed by atoms with Gasteiger partial charge in [0.05, 0.1) is 12.3 Å². The molecule has 0 aliphatic rings. The number of ether oxygens (including phenoxy) is 1. The van der Waals surface area contributed by atoms with Gasteiger partial charge in [0.15, 0.2) is 5.75 Å².